The minimum atomic E-state index is -0.120. The number of halogens is 1. The van der Waals surface area contributed by atoms with Crippen LogP contribution in [0.1, 0.15) is 33.1 Å². The topological polar surface area (TPSA) is 41.6 Å². The van der Waals surface area contributed by atoms with Gasteiger partial charge in [0.1, 0.15) is 5.75 Å². The molecule has 0 atom stereocenters. The van der Waals surface area contributed by atoms with Crippen molar-refractivity contribution in [1.29, 1.82) is 0 Å². The first-order chi connectivity index (χ1) is 10.5. The second-order valence-corrected chi connectivity index (χ2v) is 6.76. The molecule has 2 rings (SSSR count). The van der Waals surface area contributed by atoms with Gasteiger partial charge in [-0.15, -0.1) is 0 Å². The van der Waals surface area contributed by atoms with Crippen LogP contribution in [-0.4, -0.2) is 42.6 Å². The van der Waals surface area contributed by atoms with Gasteiger partial charge in [0.15, 0.2) is 6.61 Å². The molecule has 0 spiro atoms. The SMILES string of the molecule is CC(C)(CNC(=O)COc1ccccc1Cl)N1CCCCC1. The fraction of sp³-hybridized carbons (Fsp3) is 0.588. The molecular formula is C17H25ClN2O2. The zero-order valence-electron chi connectivity index (χ0n) is 13.4. The van der Waals surface area contributed by atoms with Crippen LogP contribution in [0.4, 0.5) is 0 Å². The van der Waals surface area contributed by atoms with Gasteiger partial charge in [-0.2, -0.15) is 0 Å². The standard InChI is InChI=1S/C17H25ClN2O2/c1-17(2,20-10-6-3-7-11-20)13-19-16(21)12-22-15-9-5-4-8-14(15)18/h4-5,8-9H,3,6-7,10-13H2,1-2H3,(H,19,21). The number of carbonyl (C=O) groups is 1. The van der Waals surface area contributed by atoms with Gasteiger partial charge < -0.3 is 10.1 Å². The van der Waals surface area contributed by atoms with E-state index >= 15 is 0 Å². The van der Waals surface area contributed by atoms with Crippen molar-refractivity contribution >= 4 is 17.5 Å². The van der Waals surface area contributed by atoms with Gasteiger partial charge in [0, 0.05) is 12.1 Å². The highest BCUT2D eigenvalue weighted by atomic mass is 35.5. The molecule has 0 unspecified atom stereocenters. The predicted molar refractivity (Wildman–Crippen MR) is 89.5 cm³/mol. The van der Waals surface area contributed by atoms with Crippen molar-refractivity contribution in [2.24, 2.45) is 0 Å². The first kappa shape index (κ1) is 17.1. The van der Waals surface area contributed by atoms with E-state index in [-0.39, 0.29) is 18.1 Å². The first-order valence-corrected chi connectivity index (χ1v) is 8.26. The number of piperidine rings is 1. The van der Waals surface area contributed by atoms with Crippen molar-refractivity contribution in [3.05, 3.63) is 29.3 Å². The number of likely N-dealkylation sites (tertiary alicyclic amines) is 1. The van der Waals surface area contributed by atoms with Crippen LogP contribution in [0.3, 0.4) is 0 Å². The molecule has 1 N–H and O–H groups in total. The van der Waals surface area contributed by atoms with Crippen LogP contribution in [0.5, 0.6) is 5.75 Å². The summed E-state index contributed by atoms with van der Waals surface area (Å²) in [5.41, 5.74) is -0.0273. The molecule has 1 aliphatic rings. The highest BCUT2D eigenvalue weighted by molar-refractivity contribution is 6.32. The van der Waals surface area contributed by atoms with Crippen LogP contribution in [0.25, 0.3) is 0 Å². The van der Waals surface area contributed by atoms with Crippen molar-refractivity contribution < 1.29 is 9.53 Å². The number of amides is 1. The fourth-order valence-electron chi connectivity index (χ4n) is 2.68. The maximum atomic E-state index is 12.0. The molecule has 1 aliphatic heterocycles. The van der Waals surface area contributed by atoms with E-state index in [1.165, 1.54) is 19.3 Å². The van der Waals surface area contributed by atoms with E-state index in [9.17, 15) is 4.79 Å². The molecule has 1 saturated heterocycles. The molecule has 1 heterocycles. The van der Waals surface area contributed by atoms with Crippen molar-refractivity contribution in [3.8, 4) is 5.75 Å². The van der Waals surface area contributed by atoms with Crippen LogP contribution >= 0.6 is 11.6 Å². The fourth-order valence-corrected chi connectivity index (χ4v) is 2.87. The lowest BCUT2D eigenvalue weighted by molar-refractivity contribution is -0.123. The van der Waals surface area contributed by atoms with Crippen molar-refractivity contribution in [2.75, 3.05) is 26.2 Å². The molecule has 0 radical (unpaired) electrons. The number of nitrogens with zero attached hydrogens (tertiary/aromatic N) is 1. The maximum absolute atomic E-state index is 12.0. The Bertz CT molecular complexity index is 499. The lowest BCUT2D eigenvalue weighted by Crippen LogP contribution is -2.53. The summed E-state index contributed by atoms with van der Waals surface area (Å²) in [6, 6.07) is 7.16. The van der Waals surface area contributed by atoms with Crippen LogP contribution < -0.4 is 10.1 Å². The average molecular weight is 325 g/mol. The van der Waals surface area contributed by atoms with E-state index in [0.717, 1.165) is 13.1 Å². The number of hydrogen-bond donors (Lipinski definition) is 1. The first-order valence-electron chi connectivity index (χ1n) is 7.88. The van der Waals surface area contributed by atoms with Crippen molar-refractivity contribution in [3.63, 3.8) is 0 Å². The summed E-state index contributed by atoms with van der Waals surface area (Å²) < 4.78 is 5.45. The summed E-state index contributed by atoms with van der Waals surface area (Å²) in [5, 5.41) is 3.48. The average Bonchev–Trinajstić information content (AvgIpc) is 2.53. The van der Waals surface area contributed by atoms with Gasteiger partial charge in [-0.25, -0.2) is 0 Å². The van der Waals surface area contributed by atoms with Crippen LogP contribution in [0, 0.1) is 0 Å². The summed E-state index contributed by atoms with van der Waals surface area (Å²) in [4.78, 5) is 14.4. The Morgan fingerprint density at radius 1 is 1.27 bits per heavy atom. The minimum Gasteiger partial charge on any atom is -0.482 e. The van der Waals surface area contributed by atoms with Crippen molar-refractivity contribution in [2.45, 2.75) is 38.6 Å². The molecule has 5 heteroatoms. The Labute approximate surface area is 137 Å². The Morgan fingerprint density at radius 2 is 1.95 bits per heavy atom. The van der Waals surface area contributed by atoms with Crippen LogP contribution in [0.15, 0.2) is 24.3 Å². The van der Waals surface area contributed by atoms with E-state index in [2.05, 4.69) is 24.1 Å². The second kappa shape index (κ2) is 7.84. The van der Waals surface area contributed by atoms with Gasteiger partial charge in [-0.3, -0.25) is 9.69 Å². The Kier molecular flexibility index (Phi) is 6.09. The number of benzene rings is 1. The van der Waals surface area contributed by atoms with E-state index in [4.69, 9.17) is 16.3 Å². The third-order valence-electron chi connectivity index (χ3n) is 4.13. The molecule has 1 aromatic carbocycles. The number of ether oxygens (including phenoxy) is 1. The summed E-state index contributed by atoms with van der Waals surface area (Å²) in [7, 11) is 0. The van der Waals surface area contributed by atoms with Gasteiger partial charge in [0.2, 0.25) is 0 Å². The number of para-hydroxylation sites is 1. The largest absolute Gasteiger partial charge is 0.482 e. The van der Waals surface area contributed by atoms with E-state index in [1.807, 2.05) is 12.1 Å². The Morgan fingerprint density at radius 3 is 2.64 bits per heavy atom. The van der Waals surface area contributed by atoms with Gasteiger partial charge in [0.05, 0.1) is 5.02 Å². The third-order valence-corrected chi connectivity index (χ3v) is 4.44. The molecule has 4 nitrogen and oxygen atoms in total. The summed E-state index contributed by atoms with van der Waals surface area (Å²) in [6.45, 7) is 7.18. The van der Waals surface area contributed by atoms with E-state index < -0.39 is 0 Å². The zero-order valence-corrected chi connectivity index (χ0v) is 14.2. The van der Waals surface area contributed by atoms with Crippen molar-refractivity contribution in [1.82, 2.24) is 10.2 Å². The van der Waals surface area contributed by atoms with Gasteiger partial charge in [-0.05, 0) is 51.9 Å². The summed E-state index contributed by atoms with van der Waals surface area (Å²) in [5.74, 6) is 0.416. The molecule has 1 fully saturated rings. The highest BCUT2D eigenvalue weighted by Gasteiger charge is 2.28. The molecule has 122 valence electrons. The monoisotopic (exact) mass is 324 g/mol. The van der Waals surface area contributed by atoms with Crippen LogP contribution in [-0.2, 0) is 4.79 Å². The summed E-state index contributed by atoms with van der Waals surface area (Å²) in [6.07, 6.45) is 3.80. The predicted octanol–water partition coefficient (Wildman–Crippen LogP) is 3.10. The third kappa shape index (κ3) is 4.89. The molecule has 0 bridgehead atoms. The molecule has 22 heavy (non-hydrogen) atoms. The molecular weight excluding hydrogens is 300 g/mol. The van der Waals surface area contributed by atoms with E-state index in [0.29, 0.717) is 17.3 Å². The Balaban J connectivity index is 1.76. The number of nitrogens with one attached hydrogen (secondary N) is 1. The van der Waals surface area contributed by atoms with E-state index in [1.54, 1.807) is 12.1 Å². The van der Waals surface area contributed by atoms with Crippen LogP contribution in [0.2, 0.25) is 5.02 Å². The zero-order chi connectivity index (χ0) is 16.0. The minimum absolute atomic E-state index is 0.0141. The molecule has 0 aliphatic carbocycles. The number of hydrogen-bond acceptors (Lipinski definition) is 3. The molecule has 1 amide bonds. The maximum Gasteiger partial charge on any atom is 0.258 e. The normalized spacial score (nSPS) is 16.3. The lowest BCUT2D eigenvalue weighted by Gasteiger charge is -2.41. The lowest BCUT2D eigenvalue weighted by atomic mass is 9.98. The second-order valence-electron chi connectivity index (χ2n) is 6.36. The smallest absolute Gasteiger partial charge is 0.258 e. The van der Waals surface area contributed by atoms with Gasteiger partial charge >= 0.3 is 0 Å². The number of carbonyl (C=O) groups excluding carboxylic acids is 1. The van der Waals surface area contributed by atoms with Gasteiger partial charge in [0.25, 0.3) is 5.91 Å². The summed E-state index contributed by atoms with van der Waals surface area (Å²) >= 11 is 6.00. The molecule has 1 aromatic rings. The highest BCUT2D eigenvalue weighted by Crippen LogP contribution is 2.23. The quantitative estimate of drug-likeness (QED) is 0.874. The molecule has 0 aromatic heterocycles. The Hall–Kier alpha value is -1.26. The molecule has 0 saturated carbocycles. The van der Waals surface area contributed by atoms with Gasteiger partial charge in [-0.1, -0.05) is 30.2 Å². The number of rotatable bonds is 6.